The monoisotopic (exact) mass is 497 g/mol. The van der Waals surface area contributed by atoms with Crippen LogP contribution in [-0.2, 0) is 11.8 Å². The van der Waals surface area contributed by atoms with Crippen molar-refractivity contribution in [2.24, 2.45) is 12.5 Å². The highest BCUT2D eigenvalue weighted by Gasteiger charge is 2.32. The summed E-state index contributed by atoms with van der Waals surface area (Å²) in [5.41, 5.74) is 1.15. The lowest BCUT2D eigenvalue weighted by Crippen LogP contribution is -2.30. The van der Waals surface area contributed by atoms with Gasteiger partial charge in [0.25, 0.3) is 0 Å². The minimum absolute atomic E-state index is 0.0581. The number of hydrogen-bond donors (Lipinski definition) is 1. The highest BCUT2D eigenvalue weighted by molar-refractivity contribution is 9.10. The van der Waals surface area contributed by atoms with Gasteiger partial charge in [-0.1, -0.05) is 48.6 Å². The number of nitrogens with zero attached hydrogens (tertiary/aromatic N) is 2. The number of ether oxygens (including phenoxy) is 1. The van der Waals surface area contributed by atoms with E-state index < -0.39 is 22.8 Å². The Morgan fingerprint density at radius 2 is 1.75 bits per heavy atom. The summed E-state index contributed by atoms with van der Waals surface area (Å²) < 4.78 is 8.57. The second-order valence-electron chi connectivity index (χ2n) is 8.87. The van der Waals surface area contributed by atoms with E-state index in [0.717, 1.165) is 21.3 Å². The maximum Gasteiger partial charge on any atom is 0.347 e. The van der Waals surface area contributed by atoms with Crippen molar-refractivity contribution in [3.05, 3.63) is 96.7 Å². The van der Waals surface area contributed by atoms with Crippen LogP contribution in [0.5, 0.6) is 5.75 Å². The van der Waals surface area contributed by atoms with Gasteiger partial charge in [0.15, 0.2) is 0 Å². The SMILES string of the molecule is Cn1c(=O)[nH]n([C@@H]2C=C[C@H](c3ccccc3)c3ccc(OC(=O)C(C)(C)C)c(Br)c32)c1=O. The number of aromatic nitrogens is 3. The Balaban J connectivity index is 1.91. The number of esters is 1. The van der Waals surface area contributed by atoms with E-state index in [2.05, 4.69) is 21.0 Å². The number of aromatic amines is 1. The van der Waals surface area contributed by atoms with Crippen molar-refractivity contribution in [2.45, 2.75) is 32.7 Å². The van der Waals surface area contributed by atoms with Crippen molar-refractivity contribution >= 4 is 21.9 Å². The molecule has 1 aromatic heterocycles. The molecule has 1 N–H and O–H groups in total. The molecule has 0 saturated heterocycles. The predicted octanol–water partition coefficient (Wildman–Crippen LogP) is 3.88. The highest BCUT2D eigenvalue weighted by atomic mass is 79.9. The molecule has 0 amide bonds. The summed E-state index contributed by atoms with van der Waals surface area (Å²) in [5.74, 6) is -0.0645. The maximum absolute atomic E-state index is 12.7. The van der Waals surface area contributed by atoms with Crippen molar-refractivity contribution < 1.29 is 9.53 Å². The molecular weight excluding hydrogens is 474 g/mol. The van der Waals surface area contributed by atoms with E-state index in [9.17, 15) is 14.4 Å². The first-order valence-corrected chi connectivity index (χ1v) is 11.0. The van der Waals surface area contributed by atoms with Gasteiger partial charge < -0.3 is 4.74 Å². The average Bonchev–Trinajstić information content (AvgIpc) is 3.02. The van der Waals surface area contributed by atoms with Crippen molar-refractivity contribution in [3.8, 4) is 5.75 Å². The van der Waals surface area contributed by atoms with Gasteiger partial charge >= 0.3 is 17.3 Å². The molecule has 1 aliphatic carbocycles. The van der Waals surface area contributed by atoms with Crippen LogP contribution in [0.3, 0.4) is 0 Å². The fourth-order valence-electron chi connectivity index (χ4n) is 3.74. The summed E-state index contributed by atoms with van der Waals surface area (Å²) >= 11 is 3.62. The summed E-state index contributed by atoms with van der Waals surface area (Å²) in [6.45, 7) is 5.35. The van der Waals surface area contributed by atoms with E-state index in [-0.39, 0.29) is 11.9 Å². The van der Waals surface area contributed by atoms with E-state index in [0.29, 0.717) is 10.2 Å². The molecule has 1 aliphatic rings. The molecule has 8 heteroatoms. The predicted molar refractivity (Wildman–Crippen MR) is 125 cm³/mol. The van der Waals surface area contributed by atoms with E-state index in [4.69, 9.17) is 4.74 Å². The molecule has 0 fully saturated rings. The van der Waals surface area contributed by atoms with Gasteiger partial charge in [-0.25, -0.2) is 23.9 Å². The van der Waals surface area contributed by atoms with Gasteiger partial charge in [-0.05, 0) is 53.9 Å². The number of H-pyrrole nitrogens is 1. The number of hydrogen-bond acceptors (Lipinski definition) is 4. The van der Waals surface area contributed by atoms with Crippen LogP contribution in [0.4, 0.5) is 0 Å². The largest absolute Gasteiger partial charge is 0.425 e. The molecule has 32 heavy (non-hydrogen) atoms. The normalized spacial score (nSPS) is 17.8. The second-order valence-corrected chi connectivity index (χ2v) is 9.66. The Kier molecular flexibility index (Phi) is 5.58. The Bertz CT molecular complexity index is 1330. The molecule has 1 heterocycles. The molecule has 0 unspecified atom stereocenters. The summed E-state index contributed by atoms with van der Waals surface area (Å²) in [4.78, 5) is 37.3. The molecular formula is C24H24BrN3O4. The number of halogens is 1. The number of rotatable bonds is 3. The van der Waals surface area contributed by atoms with Crippen molar-refractivity contribution in [1.29, 1.82) is 0 Å². The van der Waals surface area contributed by atoms with E-state index in [1.165, 1.54) is 11.7 Å². The minimum atomic E-state index is -0.678. The number of carbonyl (C=O) groups excluding carboxylic acids is 1. The smallest absolute Gasteiger partial charge is 0.347 e. The molecule has 0 saturated carbocycles. The van der Waals surface area contributed by atoms with E-state index >= 15 is 0 Å². The number of allylic oxidation sites excluding steroid dienone is 2. The van der Waals surface area contributed by atoms with Gasteiger partial charge in [-0.2, -0.15) is 0 Å². The fraction of sp³-hybridized carbons (Fsp3) is 0.292. The van der Waals surface area contributed by atoms with Crippen LogP contribution in [0.1, 0.15) is 49.4 Å². The maximum atomic E-state index is 12.7. The standard InChI is InChI=1S/C24H24BrN3O4/c1-24(2,3)21(29)32-18-13-11-16-15(14-8-6-5-7-9-14)10-12-17(19(16)20(18)25)28-23(31)27(4)22(30)26-28/h5-13,15,17H,1-4H3,(H,26,30)/t15-,17-/m1/s1. The zero-order valence-corrected chi connectivity index (χ0v) is 19.8. The van der Waals surface area contributed by atoms with E-state index in [1.54, 1.807) is 26.8 Å². The van der Waals surface area contributed by atoms with Crippen LogP contribution < -0.4 is 16.1 Å². The number of fused-ring (bicyclic) bond motifs is 1. The molecule has 166 valence electrons. The number of carbonyl (C=O) groups is 1. The first-order valence-electron chi connectivity index (χ1n) is 10.2. The lowest BCUT2D eigenvalue weighted by molar-refractivity contribution is -0.143. The zero-order valence-electron chi connectivity index (χ0n) is 18.3. The van der Waals surface area contributed by atoms with Gasteiger partial charge in [-0.15, -0.1) is 0 Å². The summed E-state index contributed by atoms with van der Waals surface area (Å²) in [6, 6.07) is 13.1. The van der Waals surface area contributed by atoms with Gasteiger partial charge in [0.1, 0.15) is 5.75 Å². The first kappa shape index (κ1) is 22.1. The Labute approximate surface area is 193 Å². The first-order chi connectivity index (χ1) is 15.1. The minimum Gasteiger partial charge on any atom is -0.425 e. The van der Waals surface area contributed by atoms with Crippen LogP contribution in [0, 0.1) is 5.41 Å². The topological polar surface area (TPSA) is 86.1 Å². The van der Waals surface area contributed by atoms with Gasteiger partial charge in [0, 0.05) is 18.5 Å². The van der Waals surface area contributed by atoms with Crippen LogP contribution in [0.25, 0.3) is 0 Å². The summed E-state index contributed by atoms with van der Waals surface area (Å²) in [6.07, 6.45) is 3.91. The Hall–Kier alpha value is -3.13. The molecule has 7 nitrogen and oxygen atoms in total. The quantitative estimate of drug-likeness (QED) is 0.338. The van der Waals surface area contributed by atoms with E-state index in [1.807, 2.05) is 48.6 Å². The van der Waals surface area contributed by atoms with Crippen molar-refractivity contribution in [1.82, 2.24) is 14.3 Å². The molecule has 4 rings (SSSR count). The molecule has 0 bridgehead atoms. The fourth-order valence-corrected chi connectivity index (χ4v) is 4.41. The third kappa shape index (κ3) is 3.79. The Morgan fingerprint density at radius 3 is 2.34 bits per heavy atom. The Morgan fingerprint density at radius 1 is 1.06 bits per heavy atom. The average molecular weight is 498 g/mol. The summed E-state index contributed by atoms with van der Waals surface area (Å²) in [7, 11) is 1.43. The molecule has 0 spiro atoms. The second kappa shape index (κ2) is 8.09. The zero-order chi connectivity index (χ0) is 23.2. The van der Waals surface area contributed by atoms with Gasteiger partial charge in [-0.3, -0.25) is 4.79 Å². The van der Waals surface area contributed by atoms with Gasteiger partial charge in [0.05, 0.1) is 15.9 Å². The molecule has 2 atom stereocenters. The van der Waals surface area contributed by atoms with Crippen LogP contribution in [0.15, 0.2) is 68.7 Å². The molecule has 0 radical (unpaired) electrons. The highest BCUT2D eigenvalue weighted by Crippen LogP contribution is 2.45. The molecule has 2 aromatic carbocycles. The third-order valence-electron chi connectivity index (χ3n) is 5.56. The van der Waals surface area contributed by atoms with Crippen LogP contribution >= 0.6 is 15.9 Å². The lowest BCUT2D eigenvalue weighted by Gasteiger charge is -2.29. The molecule has 3 aromatic rings. The van der Waals surface area contributed by atoms with Crippen molar-refractivity contribution in [3.63, 3.8) is 0 Å². The van der Waals surface area contributed by atoms with Crippen molar-refractivity contribution in [2.75, 3.05) is 0 Å². The lowest BCUT2D eigenvalue weighted by atomic mass is 9.81. The molecule has 0 aliphatic heterocycles. The number of nitrogens with one attached hydrogen (secondary N) is 1. The third-order valence-corrected chi connectivity index (χ3v) is 6.38. The van der Waals surface area contributed by atoms with Gasteiger partial charge in [0.2, 0.25) is 0 Å². The summed E-state index contributed by atoms with van der Waals surface area (Å²) in [5, 5.41) is 2.62. The number of benzene rings is 2. The van der Waals surface area contributed by atoms with Crippen LogP contribution in [0.2, 0.25) is 0 Å². The van der Waals surface area contributed by atoms with Crippen LogP contribution in [-0.4, -0.2) is 20.3 Å².